The Morgan fingerprint density at radius 3 is 2.87 bits per heavy atom. The van der Waals surface area contributed by atoms with Crippen LogP contribution in [-0.2, 0) is 9.53 Å². The molecule has 0 aromatic heterocycles. The third-order valence-electron chi connectivity index (χ3n) is 8.31. The predicted molar refractivity (Wildman–Crippen MR) is 132 cm³/mol. The summed E-state index contributed by atoms with van der Waals surface area (Å²) in [5, 5.41) is 2.14. The van der Waals surface area contributed by atoms with Gasteiger partial charge in [-0.15, -0.1) is 11.8 Å². The van der Waals surface area contributed by atoms with Crippen LogP contribution in [0.2, 0.25) is 0 Å². The van der Waals surface area contributed by atoms with Crippen LogP contribution in [0.4, 0.5) is 0 Å². The molecule has 2 nitrogen and oxygen atoms in total. The highest BCUT2D eigenvalue weighted by Crippen LogP contribution is 2.63. The molecule has 0 bridgehead atoms. The average Bonchev–Trinajstić information content (AvgIpc) is 3.10. The van der Waals surface area contributed by atoms with Crippen molar-refractivity contribution in [3.05, 3.63) is 58.6 Å². The van der Waals surface area contributed by atoms with Crippen molar-refractivity contribution in [2.45, 2.75) is 71.3 Å². The first-order valence-corrected chi connectivity index (χ1v) is 13.4. The summed E-state index contributed by atoms with van der Waals surface area (Å²) >= 11 is 1.73. The van der Waals surface area contributed by atoms with E-state index >= 15 is 0 Å². The highest BCUT2D eigenvalue weighted by molar-refractivity contribution is 8.01. The number of rotatable bonds is 7. The minimum absolute atomic E-state index is 0.214. The van der Waals surface area contributed by atoms with Crippen molar-refractivity contribution < 1.29 is 9.53 Å². The molecule has 0 saturated heterocycles. The fourth-order valence-corrected chi connectivity index (χ4v) is 7.24. The van der Waals surface area contributed by atoms with E-state index in [0.717, 1.165) is 32.3 Å². The summed E-state index contributed by atoms with van der Waals surface area (Å²) in [5.74, 6) is 2.01. The van der Waals surface area contributed by atoms with Crippen LogP contribution in [0.1, 0.15) is 65.2 Å². The Labute approximate surface area is 193 Å². The number of thioether (sulfide) groups is 1. The van der Waals surface area contributed by atoms with Crippen LogP contribution in [0.15, 0.2) is 58.6 Å². The SMILES string of the molecule is C=C/C(=C\C=C\SC)[C@H]1C[C@@]2(C)C(CC[C@@H]2OCCC)C2CCC3=CC(=O)CCC3=C21. The molecular formula is C28H38O2S. The van der Waals surface area contributed by atoms with Crippen molar-refractivity contribution in [1.82, 2.24) is 0 Å². The molecule has 3 heteroatoms. The molecule has 2 fully saturated rings. The Morgan fingerprint density at radius 2 is 2.13 bits per heavy atom. The van der Waals surface area contributed by atoms with Crippen LogP contribution in [0.25, 0.3) is 0 Å². The Kier molecular flexibility index (Phi) is 7.13. The minimum Gasteiger partial charge on any atom is -0.378 e. The molecular weight excluding hydrogens is 400 g/mol. The van der Waals surface area contributed by atoms with Gasteiger partial charge in [-0.3, -0.25) is 4.79 Å². The Hall–Kier alpha value is -1.32. The lowest BCUT2D eigenvalue weighted by Gasteiger charge is -2.52. The van der Waals surface area contributed by atoms with Crippen LogP contribution < -0.4 is 0 Å². The zero-order chi connectivity index (χ0) is 22.0. The summed E-state index contributed by atoms with van der Waals surface area (Å²) in [6, 6.07) is 0. The molecule has 0 heterocycles. The number of fused-ring (bicyclic) bond motifs is 4. The number of carbonyl (C=O) groups is 1. The van der Waals surface area contributed by atoms with Gasteiger partial charge in [0.05, 0.1) is 6.10 Å². The molecule has 0 N–H and O–H groups in total. The average molecular weight is 439 g/mol. The molecule has 0 spiro atoms. The smallest absolute Gasteiger partial charge is 0.156 e. The van der Waals surface area contributed by atoms with E-state index in [1.165, 1.54) is 36.0 Å². The molecule has 0 aromatic rings. The third-order valence-corrected chi connectivity index (χ3v) is 8.74. The van der Waals surface area contributed by atoms with E-state index in [1.807, 2.05) is 6.08 Å². The van der Waals surface area contributed by atoms with Crippen molar-refractivity contribution in [3.8, 4) is 0 Å². The van der Waals surface area contributed by atoms with Gasteiger partial charge in [0.15, 0.2) is 5.78 Å². The molecule has 0 radical (unpaired) electrons. The molecule has 5 atom stereocenters. The minimum atomic E-state index is 0.214. The summed E-state index contributed by atoms with van der Waals surface area (Å²) in [4.78, 5) is 12.1. The van der Waals surface area contributed by atoms with Gasteiger partial charge in [-0.25, -0.2) is 0 Å². The zero-order valence-electron chi connectivity index (χ0n) is 19.5. The molecule has 0 aliphatic heterocycles. The van der Waals surface area contributed by atoms with Crippen molar-refractivity contribution in [3.63, 3.8) is 0 Å². The summed E-state index contributed by atoms with van der Waals surface area (Å²) in [6.45, 7) is 9.79. The monoisotopic (exact) mass is 438 g/mol. The maximum absolute atomic E-state index is 12.1. The summed E-state index contributed by atoms with van der Waals surface area (Å²) in [6.07, 6.45) is 19.5. The van der Waals surface area contributed by atoms with Crippen LogP contribution in [0.5, 0.6) is 0 Å². The molecule has 0 amide bonds. The Balaban J connectivity index is 1.80. The van der Waals surface area contributed by atoms with Crippen molar-refractivity contribution in [1.29, 1.82) is 0 Å². The first-order chi connectivity index (χ1) is 15.0. The van der Waals surface area contributed by atoms with Crippen LogP contribution in [0.3, 0.4) is 0 Å². The maximum atomic E-state index is 12.1. The van der Waals surface area contributed by atoms with Crippen molar-refractivity contribution in [2.75, 3.05) is 12.9 Å². The fraction of sp³-hybridized carbons (Fsp3) is 0.607. The predicted octanol–water partition coefficient (Wildman–Crippen LogP) is 7.20. The first-order valence-electron chi connectivity index (χ1n) is 12.1. The molecule has 2 unspecified atom stereocenters. The van der Waals surface area contributed by atoms with Crippen molar-refractivity contribution in [2.24, 2.45) is 23.2 Å². The van der Waals surface area contributed by atoms with Crippen LogP contribution >= 0.6 is 11.8 Å². The van der Waals surface area contributed by atoms with Gasteiger partial charge in [0.2, 0.25) is 0 Å². The summed E-state index contributed by atoms with van der Waals surface area (Å²) < 4.78 is 6.45. The van der Waals surface area contributed by atoms with Gasteiger partial charge in [0.25, 0.3) is 0 Å². The van der Waals surface area contributed by atoms with Gasteiger partial charge < -0.3 is 4.74 Å². The molecule has 4 aliphatic rings. The third kappa shape index (κ3) is 4.20. The normalized spacial score (nSPS) is 35.6. The molecule has 31 heavy (non-hydrogen) atoms. The van der Waals surface area contributed by atoms with Crippen LogP contribution in [0, 0.1) is 23.2 Å². The lowest BCUT2D eigenvalue weighted by Crippen LogP contribution is -2.46. The van der Waals surface area contributed by atoms with Gasteiger partial charge in [-0.1, -0.05) is 44.2 Å². The van der Waals surface area contributed by atoms with E-state index in [0.29, 0.717) is 36.1 Å². The van der Waals surface area contributed by atoms with E-state index in [2.05, 4.69) is 50.3 Å². The zero-order valence-corrected chi connectivity index (χ0v) is 20.3. The van der Waals surface area contributed by atoms with Gasteiger partial charge in [-0.05, 0) is 96.7 Å². The largest absolute Gasteiger partial charge is 0.378 e. The number of ketones is 1. The van der Waals surface area contributed by atoms with Gasteiger partial charge in [0.1, 0.15) is 0 Å². The molecule has 168 valence electrons. The van der Waals surface area contributed by atoms with Gasteiger partial charge >= 0.3 is 0 Å². The number of ether oxygens (including phenoxy) is 1. The first kappa shape index (κ1) is 22.9. The van der Waals surface area contributed by atoms with E-state index in [-0.39, 0.29) is 5.41 Å². The van der Waals surface area contributed by atoms with Crippen molar-refractivity contribution >= 4 is 17.5 Å². The fourth-order valence-electron chi connectivity index (χ4n) is 7.00. The molecule has 0 aromatic carbocycles. The van der Waals surface area contributed by atoms with Crippen LogP contribution in [-0.4, -0.2) is 24.7 Å². The van der Waals surface area contributed by atoms with E-state index in [1.54, 1.807) is 17.3 Å². The molecule has 4 aliphatic carbocycles. The lowest BCUT2D eigenvalue weighted by atomic mass is 9.53. The second kappa shape index (κ2) is 9.67. The lowest BCUT2D eigenvalue weighted by molar-refractivity contribution is -0.114. The number of carbonyl (C=O) groups excluding carboxylic acids is 1. The molecule has 2 saturated carbocycles. The second-order valence-electron chi connectivity index (χ2n) is 9.96. The second-order valence-corrected chi connectivity index (χ2v) is 10.7. The Morgan fingerprint density at radius 1 is 1.29 bits per heavy atom. The quantitative estimate of drug-likeness (QED) is 0.393. The van der Waals surface area contributed by atoms with E-state index in [9.17, 15) is 4.79 Å². The number of hydrogen-bond donors (Lipinski definition) is 0. The number of allylic oxidation sites excluding steroid dienone is 8. The highest BCUT2D eigenvalue weighted by Gasteiger charge is 2.57. The van der Waals surface area contributed by atoms with Gasteiger partial charge in [0, 0.05) is 18.9 Å². The topological polar surface area (TPSA) is 26.3 Å². The highest BCUT2D eigenvalue weighted by atomic mass is 32.2. The maximum Gasteiger partial charge on any atom is 0.156 e. The Bertz CT molecular complexity index is 845. The summed E-state index contributed by atoms with van der Waals surface area (Å²) in [7, 11) is 0. The molecule has 4 rings (SSSR count). The standard InChI is InChI=1S/C28H38O2S/c1-5-15-30-26-14-13-25-23-11-9-20-17-21(29)10-12-22(20)27(23)24(18-28(25,26)3)19(6-2)8-7-16-31-4/h6-8,16-17,23-26H,2,5,9-15,18H2,1,3-4H3/b16-7+,19-8+/t23?,24-,25?,26+,28+/m1/s1. The summed E-state index contributed by atoms with van der Waals surface area (Å²) in [5.41, 5.74) is 6.04. The van der Waals surface area contributed by atoms with Gasteiger partial charge in [-0.2, -0.15) is 0 Å². The van der Waals surface area contributed by atoms with E-state index < -0.39 is 0 Å². The number of hydrogen-bond acceptors (Lipinski definition) is 3. The van der Waals surface area contributed by atoms with E-state index in [4.69, 9.17) is 4.74 Å².